The second kappa shape index (κ2) is 6.62. The van der Waals surface area contributed by atoms with Gasteiger partial charge >= 0.3 is 0 Å². The lowest BCUT2D eigenvalue weighted by Gasteiger charge is -2.20. The first-order valence-corrected chi connectivity index (χ1v) is 9.30. The maximum atomic E-state index is 6.18. The normalized spacial score (nSPS) is 12.7. The van der Waals surface area contributed by atoms with Crippen LogP contribution < -0.4 is 0 Å². The summed E-state index contributed by atoms with van der Waals surface area (Å²) in [5, 5.41) is 0.586. The average molecular weight is 431 g/mol. The van der Waals surface area contributed by atoms with E-state index in [1.165, 1.54) is 0 Å². The average Bonchev–Trinajstić information content (AvgIpc) is 2.81. The van der Waals surface area contributed by atoms with E-state index in [2.05, 4.69) is 15.0 Å². The highest BCUT2D eigenvalue weighted by Gasteiger charge is 2.36. The summed E-state index contributed by atoms with van der Waals surface area (Å²) in [6, 6.07) is 5.28. The number of imidazole rings is 1. The number of aromatic nitrogens is 4. The quantitative estimate of drug-likeness (QED) is 0.504. The van der Waals surface area contributed by atoms with Gasteiger partial charge in [-0.15, -0.1) is 23.2 Å². The first kappa shape index (κ1) is 17.6. The van der Waals surface area contributed by atoms with Crippen LogP contribution in [0.5, 0.6) is 0 Å². The second-order valence-electron chi connectivity index (χ2n) is 4.63. The molecule has 0 aliphatic heterocycles. The zero-order valence-corrected chi connectivity index (χ0v) is 16.2. The molecule has 0 saturated heterocycles. The number of alkyl halides is 4. The Morgan fingerprint density at radius 2 is 1.91 bits per heavy atom. The topological polar surface area (TPSA) is 43.6 Å². The van der Waals surface area contributed by atoms with Crippen molar-refractivity contribution in [2.75, 3.05) is 0 Å². The minimum absolute atomic E-state index is 0.481. The van der Waals surface area contributed by atoms with E-state index in [9.17, 15) is 0 Å². The van der Waals surface area contributed by atoms with Gasteiger partial charge in [0.1, 0.15) is 5.82 Å². The van der Waals surface area contributed by atoms with Gasteiger partial charge in [0.2, 0.25) is 3.67 Å². The minimum atomic E-state index is -1.45. The highest BCUT2D eigenvalue weighted by Crippen LogP contribution is 2.44. The van der Waals surface area contributed by atoms with Crippen molar-refractivity contribution in [3.05, 3.63) is 29.0 Å². The molecule has 23 heavy (non-hydrogen) atoms. The Hall–Kier alpha value is -0.170. The fourth-order valence-electron chi connectivity index (χ4n) is 1.99. The highest BCUT2D eigenvalue weighted by molar-refractivity contribution is 8.02. The van der Waals surface area contributed by atoms with Gasteiger partial charge in [0.15, 0.2) is 16.1 Å². The summed E-state index contributed by atoms with van der Waals surface area (Å²) < 4.78 is 0.269. The van der Waals surface area contributed by atoms with Crippen LogP contribution in [0.3, 0.4) is 0 Å². The van der Waals surface area contributed by atoms with Crippen molar-refractivity contribution in [3.63, 3.8) is 0 Å². The van der Waals surface area contributed by atoms with Crippen LogP contribution in [0.2, 0.25) is 5.02 Å². The van der Waals surface area contributed by atoms with E-state index in [0.717, 1.165) is 11.9 Å². The Labute approximate surface area is 161 Å². The van der Waals surface area contributed by atoms with Crippen molar-refractivity contribution in [1.29, 1.82) is 0 Å². The molecule has 2 heterocycles. The Bertz CT molecular complexity index is 880. The fraction of sp³-hybridized carbons (Fsp3) is 0.308. The van der Waals surface area contributed by atoms with Crippen LogP contribution in [0.15, 0.2) is 18.2 Å². The van der Waals surface area contributed by atoms with E-state index in [4.69, 9.17) is 58.0 Å². The molecule has 0 unspecified atom stereocenters. The molecule has 122 valence electrons. The van der Waals surface area contributed by atoms with Crippen LogP contribution in [0, 0.1) is 0 Å². The number of fused-ring (bicyclic) bond motifs is 2. The molecule has 3 rings (SSSR count). The summed E-state index contributed by atoms with van der Waals surface area (Å²) >= 11 is 31.1. The van der Waals surface area contributed by atoms with Gasteiger partial charge in [-0.2, -0.15) is 0 Å². The molecule has 3 aromatic rings. The number of rotatable bonds is 4. The third-order valence-electron chi connectivity index (χ3n) is 3.04. The van der Waals surface area contributed by atoms with Gasteiger partial charge in [-0.05, 0) is 18.2 Å². The van der Waals surface area contributed by atoms with E-state index in [1.807, 2.05) is 6.92 Å². The minimum Gasteiger partial charge on any atom is -0.249 e. The van der Waals surface area contributed by atoms with Gasteiger partial charge in [-0.1, -0.05) is 41.7 Å². The molecule has 0 fully saturated rings. The zero-order chi connectivity index (χ0) is 16.8. The van der Waals surface area contributed by atoms with E-state index in [0.29, 0.717) is 39.6 Å². The van der Waals surface area contributed by atoms with Gasteiger partial charge in [0.05, 0.1) is 11.0 Å². The number of benzene rings is 1. The molecule has 0 aliphatic rings. The summed E-state index contributed by atoms with van der Waals surface area (Å²) in [7, 11) is 0. The molecule has 1 aromatic carbocycles. The first-order chi connectivity index (χ1) is 10.8. The molecule has 0 bridgehead atoms. The third kappa shape index (κ3) is 3.46. The maximum Gasteiger partial charge on any atom is 0.212 e. The summed E-state index contributed by atoms with van der Waals surface area (Å²) in [6.07, 6.45) is 0.640. The van der Waals surface area contributed by atoms with Gasteiger partial charge in [-0.3, -0.25) is 0 Å². The number of hydrogen-bond acceptors (Lipinski definition) is 4. The molecule has 0 amide bonds. The molecule has 10 heteroatoms. The number of aryl methyl sites for hydroxylation is 1. The van der Waals surface area contributed by atoms with Crippen LogP contribution in [0.4, 0.5) is 0 Å². The highest BCUT2D eigenvalue weighted by atomic mass is 35.5. The molecular formula is C13H9Cl5N4S. The van der Waals surface area contributed by atoms with Crippen molar-refractivity contribution in [2.45, 2.75) is 21.8 Å². The number of halogens is 5. The largest absolute Gasteiger partial charge is 0.249 e. The molecule has 0 saturated carbocycles. The Kier molecular flexibility index (Phi) is 5.08. The lowest BCUT2D eigenvalue weighted by Crippen LogP contribution is -2.19. The van der Waals surface area contributed by atoms with Gasteiger partial charge in [-0.25, -0.2) is 18.9 Å². The van der Waals surface area contributed by atoms with Crippen molar-refractivity contribution in [1.82, 2.24) is 18.9 Å². The van der Waals surface area contributed by atoms with Crippen LogP contribution in [-0.2, 0) is 6.42 Å². The summed E-state index contributed by atoms with van der Waals surface area (Å²) in [5.74, 6) is 0.714. The van der Waals surface area contributed by atoms with Crippen LogP contribution in [-0.4, -0.2) is 27.4 Å². The Balaban J connectivity index is 2.21. The van der Waals surface area contributed by atoms with E-state index < -0.39 is 8.50 Å². The summed E-state index contributed by atoms with van der Waals surface area (Å²) in [4.78, 5) is 12.6. The predicted octanol–water partition coefficient (Wildman–Crippen LogP) is 5.63. The van der Waals surface area contributed by atoms with Crippen molar-refractivity contribution >= 4 is 92.3 Å². The lowest BCUT2D eigenvalue weighted by molar-refractivity contribution is 0.961. The zero-order valence-electron chi connectivity index (χ0n) is 11.6. The summed E-state index contributed by atoms with van der Waals surface area (Å²) in [6.45, 7) is 1.96. The van der Waals surface area contributed by atoms with Gasteiger partial charge in [0.25, 0.3) is 0 Å². The third-order valence-corrected chi connectivity index (χ3v) is 6.53. The smallest absolute Gasteiger partial charge is 0.212 e. The number of hydrogen-bond donors (Lipinski definition) is 0. The van der Waals surface area contributed by atoms with Gasteiger partial charge in [0, 0.05) is 23.4 Å². The molecule has 0 aliphatic carbocycles. The van der Waals surface area contributed by atoms with Crippen LogP contribution in [0.1, 0.15) is 12.7 Å². The molecule has 0 atom stereocenters. The molecule has 0 N–H and O–H groups in total. The molecule has 4 nitrogen and oxygen atoms in total. The molecule has 2 aromatic heterocycles. The number of nitrogens with zero attached hydrogens (tertiary/aromatic N) is 4. The standard InChI is InChI=1S/C13H9Cl5N4S/c1-2-9-21-10-11(22(9)23-13(17,18)12(15)16)20-7-4-3-6(14)5-8(7)19-10/h3-5,12H,2H2,1H3. The monoisotopic (exact) mass is 428 g/mol. The van der Waals surface area contributed by atoms with E-state index in [1.54, 1.807) is 22.2 Å². The van der Waals surface area contributed by atoms with E-state index >= 15 is 0 Å². The lowest BCUT2D eigenvalue weighted by atomic mass is 10.3. The SMILES string of the molecule is CCc1nc2nc3cc(Cl)ccc3nc2n1SC(Cl)(Cl)C(Cl)Cl. The molecular weight excluding hydrogens is 422 g/mol. The molecule has 0 radical (unpaired) electrons. The Morgan fingerprint density at radius 1 is 1.17 bits per heavy atom. The van der Waals surface area contributed by atoms with Gasteiger partial charge < -0.3 is 0 Å². The second-order valence-corrected chi connectivity index (χ2v) is 9.19. The molecule has 0 spiro atoms. The van der Waals surface area contributed by atoms with Crippen molar-refractivity contribution in [3.8, 4) is 0 Å². The first-order valence-electron chi connectivity index (χ1n) is 6.52. The fourth-order valence-corrected chi connectivity index (χ4v) is 3.62. The van der Waals surface area contributed by atoms with Crippen molar-refractivity contribution < 1.29 is 0 Å². The summed E-state index contributed by atoms with van der Waals surface area (Å²) in [5.41, 5.74) is 2.38. The predicted molar refractivity (Wildman–Crippen MR) is 100 cm³/mol. The maximum absolute atomic E-state index is 6.18. The van der Waals surface area contributed by atoms with Crippen LogP contribution >= 0.6 is 70.0 Å². The Morgan fingerprint density at radius 3 is 2.57 bits per heavy atom. The van der Waals surface area contributed by atoms with Crippen LogP contribution in [0.25, 0.3) is 22.3 Å². The van der Waals surface area contributed by atoms with Crippen molar-refractivity contribution in [2.24, 2.45) is 0 Å². The van der Waals surface area contributed by atoms with E-state index in [-0.39, 0.29) is 0 Å².